The summed E-state index contributed by atoms with van der Waals surface area (Å²) in [5.41, 5.74) is 0.525. The van der Waals surface area contributed by atoms with Crippen LogP contribution < -0.4 is 9.67 Å². The summed E-state index contributed by atoms with van der Waals surface area (Å²) in [4.78, 5) is 14.4. The van der Waals surface area contributed by atoms with Crippen molar-refractivity contribution in [3.8, 4) is 6.07 Å². The van der Waals surface area contributed by atoms with Crippen molar-refractivity contribution in [2.24, 2.45) is 5.92 Å². The van der Waals surface area contributed by atoms with Crippen molar-refractivity contribution in [3.63, 3.8) is 0 Å². The fourth-order valence-corrected chi connectivity index (χ4v) is 3.79. The van der Waals surface area contributed by atoms with Gasteiger partial charge < -0.3 is 0 Å². The van der Waals surface area contributed by atoms with E-state index in [0.29, 0.717) is 25.2 Å². The number of nitrogens with zero attached hydrogens (tertiary/aromatic N) is 2. The number of piperidine rings is 1. The Bertz CT molecular complexity index is 635. The number of carbonyl (C=O) groups excluding carboxylic acids is 1. The fourth-order valence-electron chi connectivity index (χ4n) is 2.66. The summed E-state index contributed by atoms with van der Waals surface area (Å²) in [5, 5.41) is 11.4. The summed E-state index contributed by atoms with van der Waals surface area (Å²) in [6.45, 7) is 2.22. The summed E-state index contributed by atoms with van der Waals surface area (Å²) in [7, 11) is 0. The van der Waals surface area contributed by atoms with E-state index in [2.05, 4.69) is 16.3 Å². The van der Waals surface area contributed by atoms with Crippen LogP contribution >= 0.6 is 0 Å². The molecule has 1 heterocycles. The first-order chi connectivity index (χ1) is 10.9. The number of likely N-dealkylation sites (tertiary alicyclic amines) is 1. The van der Waals surface area contributed by atoms with Crippen LogP contribution in [0.15, 0.2) is 24.3 Å². The standard InChI is InChI=1S/C15H20AsN3O4/c17-8-2-10-19-9-1-3-12(11-19)15(20)18-14-6-4-13(5-7-14)16(21,22)23/h4-7,12H,1-3,9-11H2,(H,18,20)(H2,21,22,23). The maximum atomic E-state index is 12.3. The SMILES string of the molecule is N#CCCN1CCCC(C(=O)Nc2ccc([As](=O)(O)O)cc2)C1. The zero-order valence-electron chi connectivity index (χ0n) is 12.7. The van der Waals surface area contributed by atoms with Crippen LogP contribution in [0, 0.1) is 17.2 Å². The number of benzene rings is 1. The molecule has 1 aliphatic rings. The number of carbonyl (C=O) groups is 1. The number of amides is 1. The second-order valence-electron chi connectivity index (χ2n) is 5.63. The molecule has 0 bridgehead atoms. The topological polar surface area (TPSA) is 114 Å². The van der Waals surface area contributed by atoms with Crippen LogP contribution in [0.4, 0.5) is 5.69 Å². The molecule has 1 aliphatic heterocycles. The Labute approximate surface area is 137 Å². The number of nitrogens with one attached hydrogen (secondary N) is 1. The Morgan fingerprint density at radius 3 is 2.70 bits per heavy atom. The van der Waals surface area contributed by atoms with Gasteiger partial charge in [0.05, 0.1) is 0 Å². The van der Waals surface area contributed by atoms with Crippen molar-refractivity contribution >= 4 is 30.1 Å². The molecule has 23 heavy (non-hydrogen) atoms. The van der Waals surface area contributed by atoms with E-state index in [-0.39, 0.29) is 16.2 Å². The van der Waals surface area contributed by atoms with Gasteiger partial charge in [0, 0.05) is 0 Å². The van der Waals surface area contributed by atoms with Crippen LogP contribution in [-0.4, -0.2) is 52.8 Å². The van der Waals surface area contributed by atoms with E-state index < -0.39 is 14.2 Å². The number of hydrogen-bond acceptors (Lipinski definition) is 4. The molecule has 124 valence electrons. The molecular formula is C15H20AsN3O4. The average molecular weight is 381 g/mol. The number of anilines is 1. The monoisotopic (exact) mass is 381 g/mol. The van der Waals surface area contributed by atoms with Crippen molar-refractivity contribution in [2.75, 3.05) is 25.0 Å². The molecule has 1 saturated heterocycles. The molecule has 1 unspecified atom stereocenters. The van der Waals surface area contributed by atoms with Crippen molar-refractivity contribution < 1.29 is 16.7 Å². The molecule has 1 fully saturated rings. The molecule has 2 rings (SSSR count). The molecule has 7 nitrogen and oxygen atoms in total. The third-order valence-corrected chi connectivity index (χ3v) is 5.92. The predicted molar refractivity (Wildman–Crippen MR) is 85.0 cm³/mol. The van der Waals surface area contributed by atoms with Gasteiger partial charge in [-0.05, 0) is 0 Å². The van der Waals surface area contributed by atoms with Gasteiger partial charge in [0.15, 0.2) is 0 Å². The van der Waals surface area contributed by atoms with E-state index in [1.165, 1.54) is 24.3 Å². The Balaban J connectivity index is 1.93. The third kappa shape index (κ3) is 5.22. The minimum absolute atomic E-state index is 0.0125. The molecule has 0 radical (unpaired) electrons. The minimum atomic E-state index is -4.88. The van der Waals surface area contributed by atoms with Gasteiger partial charge in [0.25, 0.3) is 0 Å². The molecule has 3 N–H and O–H groups in total. The van der Waals surface area contributed by atoms with Crippen LogP contribution in [0.3, 0.4) is 0 Å². The molecule has 0 aliphatic carbocycles. The first-order valence-corrected chi connectivity index (χ1v) is 10.8. The number of hydrogen-bond donors (Lipinski definition) is 3. The average Bonchev–Trinajstić information content (AvgIpc) is 2.53. The number of nitriles is 1. The van der Waals surface area contributed by atoms with Crippen molar-refractivity contribution in [1.29, 1.82) is 5.26 Å². The Kier molecular flexibility index (Phi) is 6.03. The summed E-state index contributed by atoms with van der Waals surface area (Å²) in [6, 6.07) is 7.81. The summed E-state index contributed by atoms with van der Waals surface area (Å²) in [5.74, 6) is -0.228. The molecule has 1 amide bonds. The van der Waals surface area contributed by atoms with E-state index in [4.69, 9.17) is 13.5 Å². The van der Waals surface area contributed by atoms with Crippen molar-refractivity contribution in [2.45, 2.75) is 19.3 Å². The molecule has 1 aromatic rings. The van der Waals surface area contributed by atoms with Crippen LogP contribution in [-0.2, 0) is 8.53 Å². The van der Waals surface area contributed by atoms with Gasteiger partial charge >= 0.3 is 132 Å². The van der Waals surface area contributed by atoms with Gasteiger partial charge in [0.1, 0.15) is 0 Å². The van der Waals surface area contributed by atoms with E-state index >= 15 is 0 Å². The molecule has 1 atom stereocenters. The zero-order valence-corrected chi connectivity index (χ0v) is 14.6. The van der Waals surface area contributed by atoms with Gasteiger partial charge in [-0.1, -0.05) is 0 Å². The van der Waals surface area contributed by atoms with Crippen LogP contribution in [0.25, 0.3) is 0 Å². The van der Waals surface area contributed by atoms with E-state index in [9.17, 15) is 8.53 Å². The fraction of sp³-hybridized carbons (Fsp3) is 0.467. The quantitative estimate of drug-likeness (QED) is 0.610. The van der Waals surface area contributed by atoms with Gasteiger partial charge in [-0.3, -0.25) is 0 Å². The van der Waals surface area contributed by atoms with E-state index in [1.807, 2.05) is 0 Å². The van der Waals surface area contributed by atoms with Crippen LogP contribution in [0.1, 0.15) is 19.3 Å². The van der Waals surface area contributed by atoms with Crippen molar-refractivity contribution in [3.05, 3.63) is 24.3 Å². The summed E-state index contributed by atoms with van der Waals surface area (Å²) < 4.78 is 29.4. The second-order valence-corrected chi connectivity index (χ2v) is 8.99. The van der Waals surface area contributed by atoms with Gasteiger partial charge in [-0.25, -0.2) is 0 Å². The predicted octanol–water partition coefficient (Wildman–Crippen LogP) is -0.188. The van der Waals surface area contributed by atoms with Crippen molar-refractivity contribution in [1.82, 2.24) is 4.90 Å². The Hall–Kier alpha value is -1.58. The van der Waals surface area contributed by atoms with Gasteiger partial charge in [-0.15, -0.1) is 0 Å². The first-order valence-electron chi connectivity index (χ1n) is 7.46. The third-order valence-electron chi connectivity index (χ3n) is 3.89. The van der Waals surface area contributed by atoms with Crippen LogP contribution in [0.5, 0.6) is 0 Å². The normalized spacial score (nSPS) is 19.1. The Morgan fingerprint density at radius 1 is 1.39 bits per heavy atom. The first kappa shape index (κ1) is 17.8. The molecule has 0 saturated carbocycles. The molecule has 0 aromatic heterocycles. The van der Waals surface area contributed by atoms with Gasteiger partial charge in [-0.2, -0.15) is 5.26 Å². The number of rotatable bonds is 5. The molecule has 1 aromatic carbocycles. The van der Waals surface area contributed by atoms with E-state index in [0.717, 1.165) is 19.4 Å². The maximum absolute atomic E-state index is 12.3. The zero-order chi connectivity index (χ0) is 16.9. The molecule has 0 spiro atoms. The summed E-state index contributed by atoms with van der Waals surface area (Å²) >= 11 is -4.88. The van der Waals surface area contributed by atoms with Crippen LogP contribution in [0.2, 0.25) is 0 Å². The second kappa shape index (κ2) is 7.80. The Morgan fingerprint density at radius 2 is 2.09 bits per heavy atom. The van der Waals surface area contributed by atoms with E-state index in [1.54, 1.807) is 0 Å². The molecular weight excluding hydrogens is 361 g/mol. The molecule has 8 heteroatoms. The summed E-state index contributed by atoms with van der Waals surface area (Å²) in [6.07, 6.45) is 2.18. The van der Waals surface area contributed by atoms with Gasteiger partial charge in [0.2, 0.25) is 0 Å².